The van der Waals surface area contributed by atoms with Gasteiger partial charge >= 0.3 is 11.8 Å². The molecule has 0 radical (unpaired) electrons. The summed E-state index contributed by atoms with van der Waals surface area (Å²) in [5, 5.41) is 5.58. The normalized spacial score (nSPS) is 21.1. The van der Waals surface area contributed by atoms with Crippen molar-refractivity contribution in [3.63, 3.8) is 0 Å². The highest BCUT2D eigenvalue weighted by Crippen LogP contribution is 2.23. The van der Waals surface area contributed by atoms with Crippen LogP contribution >= 0.6 is 0 Å². The zero-order valence-corrected chi connectivity index (χ0v) is 13.3. The molecule has 1 aromatic carbocycles. The molecular formula is C18H26N2O2. The molecule has 1 aliphatic carbocycles. The van der Waals surface area contributed by atoms with Crippen molar-refractivity contribution in [3.05, 3.63) is 35.9 Å². The lowest BCUT2D eigenvalue weighted by atomic mass is 9.86. The fraction of sp³-hybridized carbons (Fsp3) is 0.556. The first kappa shape index (κ1) is 16.5. The minimum Gasteiger partial charge on any atom is -0.348 e. The van der Waals surface area contributed by atoms with E-state index < -0.39 is 11.8 Å². The first-order chi connectivity index (χ1) is 10.7. The second kappa shape index (κ2) is 8.57. The lowest BCUT2D eigenvalue weighted by Crippen LogP contribution is -2.47. The SMILES string of the molecule is CC1CCCCC1NC(=O)C(=O)NCCCc1ccccc1. The fourth-order valence-electron chi connectivity index (χ4n) is 2.98. The van der Waals surface area contributed by atoms with Crippen LogP contribution in [0.1, 0.15) is 44.6 Å². The molecule has 0 saturated heterocycles. The quantitative estimate of drug-likeness (QED) is 0.648. The molecule has 2 N–H and O–H groups in total. The van der Waals surface area contributed by atoms with E-state index in [1.54, 1.807) is 0 Å². The van der Waals surface area contributed by atoms with Crippen molar-refractivity contribution in [1.29, 1.82) is 0 Å². The van der Waals surface area contributed by atoms with Gasteiger partial charge in [0.15, 0.2) is 0 Å². The maximum Gasteiger partial charge on any atom is 0.309 e. The van der Waals surface area contributed by atoms with Crippen LogP contribution in [-0.4, -0.2) is 24.4 Å². The van der Waals surface area contributed by atoms with Gasteiger partial charge in [0.2, 0.25) is 0 Å². The first-order valence-electron chi connectivity index (χ1n) is 8.29. The number of aryl methyl sites for hydroxylation is 1. The number of hydrogen-bond acceptors (Lipinski definition) is 2. The molecule has 0 aromatic heterocycles. The van der Waals surface area contributed by atoms with E-state index in [2.05, 4.69) is 29.7 Å². The standard InChI is InChI=1S/C18H26N2O2/c1-14-8-5-6-12-16(14)20-18(22)17(21)19-13-7-11-15-9-3-2-4-10-15/h2-4,9-10,14,16H,5-8,11-13H2,1H3,(H,19,21)(H,20,22). The molecule has 2 amide bonds. The van der Waals surface area contributed by atoms with E-state index in [-0.39, 0.29) is 6.04 Å². The zero-order chi connectivity index (χ0) is 15.8. The highest BCUT2D eigenvalue weighted by atomic mass is 16.2. The van der Waals surface area contributed by atoms with E-state index in [4.69, 9.17) is 0 Å². The molecule has 1 aliphatic rings. The number of nitrogens with one attached hydrogen (secondary N) is 2. The van der Waals surface area contributed by atoms with Gasteiger partial charge in [0.1, 0.15) is 0 Å². The summed E-state index contributed by atoms with van der Waals surface area (Å²) in [7, 11) is 0. The summed E-state index contributed by atoms with van der Waals surface area (Å²) < 4.78 is 0. The van der Waals surface area contributed by atoms with Crippen LogP contribution in [0.3, 0.4) is 0 Å². The van der Waals surface area contributed by atoms with Crippen LogP contribution in [0.15, 0.2) is 30.3 Å². The Bertz CT molecular complexity index is 487. The summed E-state index contributed by atoms with van der Waals surface area (Å²) in [4.78, 5) is 23.7. The molecule has 1 saturated carbocycles. The minimum atomic E-state index is -0.508. The Kier molecular flexibility index (Phi) is 6.44. The summed E-state index contributed by atoms with van der Waals surface area (Å²) in [6.45, 7) is 2.67. The summed E-state index contributed by atoms with van der Waals surface area (Å²) >= 11 is 0. The molecule has 0 heterocycles. The number of carbonyl (C=O) groups excluding carboxylic acids is 2. The van der Waals surface area contributed by atoms with Crippen molar-refractivity contribution in [2.24, 2.45) is 5.92 Å². The number of carbonyl (C=O) groups is 2. The van der Waals surface area contributed by atoms with Crippen molar-refractivity contribution < 1.29 is 9.59 Å². The maximum atomic E-state index is 11.9. The highest BCUT2D eigenvalue weighted by molar-refractivity contribution is 6.35. The lowest BCUT2D eigenvalue weighted by Gasteiger charge is -2.29. The molecule has 1 aromatic rings. The molecule has 2 atom stereocenters. The van der Waals surface area contributed by atoms with Crippen molar-refractivity contribution >= 4 is 11.8 Å². The van der Waals surface area contributed by atoms with Gasteiger partial charge in [-0.25, -0.2) is 0 Å². The second-order valence-corrected chi connectivity index (χ2v) is 6.19. The average molecular weight is 302 g/mol. The fourth-order valence-corrected chi connectivity index (χ4v) is 2.98. The van der Waals surface area contributed by atoms with Crippen LogP contribution in [0.5, 0.6) is 0 Å². The Morgan fingerprint density at radius 3 is 2.55 bits per heavy atom. The van der Waals surface area contributed by atoms with Gasteiger partial charge in [-0.05, 0) is 37.2 Å². The summed E-state index contributed by atoms with van der Waals surface area (Å²) in [6, 6.07) is 10.3. The van der Waals surface area contributed by atoms with Gasteiger partial charge in [0.05, 0.1) is 0 Å². The van der Waals surface area contributed by atoms with Crippen molar-refractivity contribution in [2.45, 2.75) is 51.5 Å². The summed E-state index contributed by atoms with van der Waals surface area (Å²) in [6.07, 6.45) is 6.20. The van der Waals surface area contributed by atoms with E-state index >= 15 is 0 Å². The van der Waals surface area contributed by atoms with Gasteiger partial charge in [0, 0.05) is 12.6 Å². The van der Waals surface area contributed by atoms with Crippen molar-refractivity contribution in [3.8, 4) is 0 Å². The number of benzene rings is 1. The predicted molar refractivity (Wildman–Crippen MR) is 87.3 cm³/mol. The monoisotopic (exact) mass is 302 g/mol. The smallest absolute Gasteiger partial charge is 0.309 e. The molecule has 0 spiro atoms. The van der Waals surface area contributed by atoms with Gasteiger partial charge in [0.25, 0.3) is 0 Å². The van der Waals surface area contributed by atoms with Crippen LogP contribution < -0.4 is 10.6 Å². The molecule has 120 valence electrons. The molecule has 4 nitrogen and oxygen atoms in total. The molecule has 2 rings (SSSR count). The Balaban J connectivity index is 1.65. The molecule has 4 heteroatoms. The molecule has 22 heavy (non-hydrogen) atoms. The minimum absolute atomic E-state index is 0.149. The average Bonchev–Trinajstić information content (AvgIpc) is 2.54. The second-order valence-electron chi connectivity index (χ2n) is 6.19. The van der Waals surface area contributed by atoms with Gasteiger partial charge in [-0.3, -0.25) is 9.59 Å². The predicted octanol–water partition coefficient (Wildman–Crippen LogP) is 2.43. The summed E-state index contributed by atoms with van der Waals surface area (Å²) in [5.74, 6) is -0.534. The molecule has 0 aliphatic heterocycles. The van der Waals surface area contributed by atoms with Crippen LogP contribution in [0.25, 0.3) is 0 Å². The van der Waals surface area contributed by atoms with Crippen molar-refractivity contribution in [2.75, 3.05) is 6.54 Å². The van der Waals surface area contributed by atoms with E-state index in [1.165, 1.54) is 12.0 Å². The molecule has 1 fully saturated rings. The van der Waals surface area contributed by atoms with Gasteiger partial charge < -0.3 is 10.6 Å². The number of rotatable bonds is 5. The number of amides is 2. The number of hydrogen-bond donors (Lipinski definition) is 2. The summed E-state index contributed by atoms with van der Waals surface area (Å²) in [5.41, 5.74) is 1.25. The van der Waals surface area contributed by atoms with E-state index in [0.29, 0.717) is 12.5 Å². The van der Waals surface area contributed by atoms with E-state index in [0.717, 1.165) is 32.1 Å². The third kappa shape index (κ3) is 5.17. The van der Waals surface area contributed by atoms with Crippen LogP contribution in [-0.2, 0) is 16.0 Å². The first-order valence-corrected chi connectivity index (χ1v) is 8.29. The Labute approximate surface area is 132 Å². The van der Waals surface area contributed by atoms with Gasteiger partial charge in [-0.15, -0.1) is 0 Å². The third-order valence-corrected chi connectivity index (χ3v) is 4.40. The van der Waals surface area contributed by atoms with Gasteiger partial charge in [-0.1, -0.05) is 50.1 Å². The van der Waals surface area contributed by atoms with Crippen LogP contribution in [0, 0.1) is 5.92 Å². The maximum absolute atomic E-state index is 11.9. The van der Waals surface area contributed by atoms with E-state index in [1.807, 2.05) is 18.2 Å². The van der Waals surface area contributed by atoms with Crippen molar-refractivity contribution in [1.82, 2.24) is 10.6 Å². The third-order valence-electron chi connectivity index (χ3n) is 4.40. The molecule has 0 bridgehead atoms. The molecule has 2 unspecified atom stereocenters. The van der Waals surface area contributed by atoms with Gasteiger partial charge in [-0.2, -0.15) is 0 Å². The molecular weight excluding hydrogens is 276 g/mol. The Morgan fingerprint density at radius 1 is 1.09 bits per heavy atom. The lowest BCUT2D eigenvalue weighted by molar-refractivity contribution is -0.139. The zero-order valence-electron chi connectivity index (χ0n) is 13.3. The highest BCUT2D eigenvalue weighted by Gasteiger charge is 2.25. The Hall–Kier alpha value is -1.84. The van der Waals surface area contributed by atoms with Crippen LogP contribution in [0.4, 0.5) is 0 Å². The van der Waals surface area contributed by atoms with Crippen LogP contribution in [0.2, 0.25) is 0 Å². The largest absolute Gasteiger partial charge is 0.348 e. The Morgan fingerprint density at radius 2 is 1.82 bits per heavy atom. The van der Waals surface area contributed by atoms with E-state index in [9.17, 15) is 9.59 Å². The topological polar surface area (TPSA) is 58.2 Å².